The van der Waals surface area contributed by atoms with Gasteiger partial charge in [0.2, 0.25) is 5.91 Å². The second kappa shape index (κ2) is 4.87. The predicted octanol–water partition coefficient (Wildman–Crippen LogP) is 1.93. The van der Waals surface area contributed by atoms with Crippen molar-refractivity contribution >= 4 is 23.2 Å². The van der Waals surface area contributed by atoms with Crippen molar-refractivity contribution in [3.05, 3.63) is 22.4 Å². The van der Waals surface area contributed by atoms with E-state index in [0.717, 1.165) is 18.4 Å². The van der Waals surface area contributed by atoms with E-state index in [0.29, 0.717) is 0 Å². The van der Waals surface area contributed by atoms with Gasteiger partial charge in [-0.3, -0.25) is 9.59 Å². The van der Waals surface area contributed by atoms with E-state index in [1.54, 1.807) is 11.3 Å². The summed E-state index contributed by atoms with van der Waals surface area (Å²) in [6, 6.07) is 2.05. The molecule has 1 unspecified atom stereocenters. The molecular weight excluding hydrogens is 238 g/mol. The standard InChI is InChI=1S/C12H15NO3S/c1-8(9-4-5-17-7-9)12(16)13(6-11(14)15)10-2-3-10/h4-5,7-8,10H,2-3,6H2,1H3,(H,14,15). The zero-order valence-corrected chi connectivity index (χ0v) is 10.4. The molecule has 5 heteroatoms. The molecular formula is C12H15NO3S. The van der Waals surface area contributed by atoms with Crippen molar-refractivity contribution in [1.82, 2.24) is 4.90 Å². The summed E-state index contributed by atoms with van der Waals surface area (Å²) in [4.78, 5) is 24.5. The molecule has 1 fully saturated rings. The minimum atomic E-state index is -0.942. The summed E-state index contributed by atoms with van der Waals surface area (Å²) in [6.07, 6.45) is 1.85. The number of carbonyl (C=O) groups is 2. The van der Waals surface area contributed by atoms with Crippen LogP contribution in [-0.2, 0) is 9.59 Å². The molecule has 1 aliphatic rings. The number of nitrogens with zero attached hydrogens (tertiary/aromatic N) is 1. The maximum Gasteiger partial charge on any atom is 0.323 e. The highest BCUT2D eigenvalue weighted by atomic mass is 32.1. The Morgan fingerprint density at radius 1 is 1.59 bits per heavy atom. The van der Waals surface area contributed by atoms with Crippen LogP contribution in [0.15, 0.2) is 16.8 Å². The van der Waals surface area contributed by atoms with Crippen LogP contribution in [0.4, 0.5) is 0 Å². The van der Waals surface area contributed by atoms with Crippen LogP contribution in [0.1, 0.15) is 31.2 Å². The first-order valence-electron chi connectivity index (χ1n) is 5.64. The van der Waals surface area contributed by atoms with Gasteiger partial charge in [-0.15, -0.1) is 0 Å². The monoisotopic (exact) mass is 253 g/mol. The molecule has 1 atom stereocenters. The number of hydrogen-bond acceptors (Lipinski definition) is 3. The number of rotatable bonds is 5. The molecule has 1 saturated carbocycles. The van der Waals surface area contributed by atoms with Crippen LogP contribution >= 0.6 is 11.3 Å². The van der Waals surface area contributed by atoms with E-state index in [9.17, 15) is 9.59 Å². The highest BCUT2D eigenvalue weighted by Crippen LogP contribution is 2.30. The number of carbonyl (C=O) groups excluding carboxylic acids is 1. The molecule has 0 aromatic carbocycles. The molecule has 17 heavy (non-hydrogen) atoms. The quantitative estimate of drug-likeness (QED) is 0.872. The van der Waals surface area contributed by atoms with Crippen molar-refractivity contribution < 1.29 is 14.7 Å². The average molecular weight is 253 g/mol. The van der Waals surface area contributed by atoms with E-state index >= 15 is 0 Å². The Morgan fingerprint density at radius 3 is 2.76 bits per heavy atom. The molecule has 1 heterocycles. The van der Waals surface area contributed by atoms with Gasteiger partial charge in [-0.1, -0.05) is 0 Å². The van der Waals surface area contributed by atoms with Crippen LogP contribution in [0, 0.1) is 0 Å². The zero-order valence-electron chi connectivity index (χ0n) is 9.63. The van der Waals surface area contributed by atoms with Crippen LogP contribution in [0.3, 0.4) is 0 Å². The molecule has 0 aliphatic heterocycles. The third kappa shape index (κ3) is 2.85. The Balaban J connectivity index is 2.08. The van der Waals surface area contributed by atoms with Crippen molar-refractivity contribution in [2.45, 2.75) is 31.7 Å². The van der Waals surface area contributed by atoms with Crippen molar-refractivity contribution in [2.24, 2.45) is 0 Å². The fraction of sp³-hybridized carbons (Fsp3) is 0.500. The topological polar surface area (TPSA) is 57.6 Å². The number of amides is 1. The first kappa shape index (κ1) is 12.1. The Labute approximate surface area is 104 Å². The molecule has 2 rings (SSSR count). The van der Waals surface area contributed by atoms with Gasteiger partial charge in [-0.05, 0) is 42.2 Å². The molecule has 0 saturated heterocycles. The summed E-state index contributed by atoms with van der Waals surface area (Å²) >= 11 is 1.55. The molecule has 1 aliphatic carbocycles. The van der Waals surface area contributed by atoms with Gasteiger partial charge in [0, 0.05) is 6.04 Å². The summed E-state index contributed by atoms with van der Waals surface area (Å²) in [5.74, 6) is -1.27. The lowest BCUT2D eigenvalue weighted by Gasteiger charge is -2.23. The van der Waals surface area contributed by atoms with Crippen molar-refractivity contribution in [1.29, 1.82) is 0 Å². The molecule has 0 bridgehead atoms. The molecule has 1 amide bonds. The van der Waals surface area contributed by atoms with E-state index in [4.69, 9.17) is 5.11 Å². The van der Waals surface area contributed by atoms with Gasteiger partial charge in [-0.2, -0.15) is 11.3 Å². The minimum absolute atomic E-state index is 0.0756. The number of hydrogen-bond donors (Lipinski definition) is 1. The van der Waals surface area contributed by atoms with E-state index in [1.807, 2.05) is 23.8 Å². The lowest BCUT2D eigenvalue weighted by atomic mass is 10.0. The molecule has 1 aromatic heterocycles. The Morgan fingerprint density at radius 2 is 2.29 bits per heavy atom. The Hall–Kier alpha value is -1.36. The smallest absolute Gasteiger partial charge is 0.323 e. The first-order valence-corrected chi connectivity index (χ1v) is 6.58. The molecule has 1 N–H and O–H groups in total. The number of aliphatic carboxylic acids is 1. The average Bonchev–Trinajstić information content (AvgIpc) is 2.98. The van der Waals surface area contributed by atoms with Gasteiger partial charge >= 0.3 is 5.97 Å². The normalized spacial score (nSPS) is 16.5. The Kier molecular flexibility index (Phi) is 3.47. The summed E-state index contributed by atoms with van der Waals surface area (Å²) in [5, 5.41) is 12.7. The predicted molar refractivity (Wildman–Crippen MR) is 65.1 cm³/mol. The summed E-state index contributed by atoms with van der Waals surface area (Å²) in [5.41, 5.74) is 0.969. The number of thiophene rings is 1. The van der Waals surface area contributed by atoms with Gasteiger partial charge in [0.15, 0.2) is 0 Å². The van der Waals surface area contributed by atoms with Crippen LogP contribution < -0.4 is 0 Å². The second-order valence-electron chi connectivity index (χ2n) is 4.37. The molecule has 4 nitrogen and oxygen atoms in total. The third-order valence-electron chi connectivity index (χ3n) is 2.99. The van der Waals surface area contributed by atoms with Crippen LogP contribution in [0.25, 0.3) is 0 Å². The van der Waals surface area contributed by atoms with E-state index in [2.05, 4.69) is 0 Å². The molecule has 0 radical (unpaired) electrons. The molecule has 0 spiro atoms. The summed E-state index contributed by atoms with van der Waals surface area (Å²) < 4.78 is 0. The number of carboxylic acid groups (broad SMARTS) is 1. The maximum absolute atomic E-state index is 12.2. The highest BCUT2D eigenvalue weighted by molar-refractivity contribution is 7.08. The van der Waals surface area contributed by atoms with Crippen molar-refractivity contribution in [2.75, 3.05) is 6.54 Å². The van der Waals surface area contributed by atoms with Crippen molar-refractivity contribution in [3.63, 3.8) is 0 Å². The second-order valence-corrected chi connectivity index (χ2v) is 5.15. The fourth-order valence-electron chi connectivity index (χ4n) is 1.83. The van der Waals surface area contributed by atoms with Gasteiger partial charge < -0.3 is 10.0 Å². The summed E-state index contributed by atoms with van der Waals surface area (Å²) in [6.45, 7) is 1.65. The SMILES string of the molecule is CC(C(=O)N(CC(=O)O)C1CC1)c1ccsc1. The molecule has 1 aromatic rings. The fourth-order valence-corrected chi connectivity index (χ4v) is 2.59. The van der Waals surface area contributed by atoms with E-state index in [-0.39, 0.29) is 24.4 Å². The minimum Gasteiger partial charge on any atom is -0.480 e. The van der Waals surface area contributed by atoms with Crippen LogP contribution in [0.2, 0.25) is 0 Å². The van der Waals surface area contributed by atoms with Crippen LogP contribution in [0.5, 0.6) is 0 Å². The Bertz CT molecular complexity index is 411. The van der Waals surface area contributed by atoms with E-state index < -0.39 is 5.97 Å². The van der Waals surface area contributed by atoms with Crippen LogP contribution in [-0.4, -0.2) is 34.5 Å². The maximum atomic E-state index is 12.2. The third-order valence-corrected chi connectivity index (χ3v) is 3.69. The lowest BCUT2D eigenvalue weighted by molar-refractivity contribution is -0.145. The van der Waals surface area contributed by atoms with Gasteiger partial charge in [-0.25, -0.2) is 0 Å². The van der Waals surface area contributed by atoms with Gasteiger partial charge in [0.25, 0.3) is 0 Å². The van der Waals surface area contributed by atoms with Gasteiger partial charge in [0.05, 0.1) is 5.92 Å². The lowest BCUT2D eigenvalue weighted by Crippen LogP contribution is -2.39. The number of carboxylic acids is 1. The van der Waals surface area contributed by atoms with Gasteiger partial charge in [0.1, 0.15) is 6.54 Å². The first-order chi connectivity index (χ1) is 8.09. The largest absolute Gasteiger partial charge is 0.480 e. The zero-order chi connectivity index (χ0) is 12.4. The van der Waals surface area contributed by atoms with E-state index in [1.165, 1.54) is 4.90 Å². The molecule has 92 valence electrons. The highest BCUT2D eigenvalue weighted by Gasteiger charge is 2.36. The van der Waals surface area contributed by atoms with Crippen molar-refractivity contribution in [3.8, 4) is 0 Å². The summed E-state index contributed by atoms with van der Waals surface area (Å²) in [7, 11) is 0.